The van der Waals surface area contributed by atoms with Crippen LogP contribution in [-0.2, 0) is 4.74 Å². The first kappa shape index (κ1) is 19.0. The molecule has 13 heteroatoms. The number of nitrogens with two attached hydrogens (primary N) is 1. The lowest BCUT2D eigenvalue weighted by Gasteiger charge is -2.25. The number of aliphatic hydroxyl groups excluding tert-OH is 2. The smallest absolute Gasteiger partial charge is 0.251 e. The third kappa shape index (κ3) is 2.94. The van der Waals surface area contributed by atoms with Crippen LogP contribution in [0.1, 0.15) is 13.2 Å². The van der Waals surface area contributed by atoms with Crippen molar-refractivity contribution in [2.75, 3.05) is 0 Å². The van der Waals surface area contributed by atoms with Crippen LogP contribution in [0.3, 0.4) is 0 Å². The van der Waals surface area contributed by atoms with Crippen LogP contribution in [0.5, 0.6) is 0 Å². The minimum Gasteiger partial charge on any atom is -0.391 e. The van der Waals surface area contributed by atoms with E-state index in [1.54, 1.807) is 0 Å². The summed E-state index contributed by atoms with van der Waals surface area (Å²) in [6.45, 7) is 1.46. The Hall–Kier alpha value is -1.81. The summed E-state index contributed by atoms with van der Waals surface area (Å²) in [5, 5.41) is 29.3. The Bertz CT molecular complexity index is 981. The van der Waals surface area contributed by atoms with Crippen LogP contribution in [0.15, 0.2) is 16.7 Å². The Morgan fingerprint density at radius 1 is 1.62 bits per heavy atom. The summed E-state index contributed by atoms with van der Waals surface area (Å²) in [4.78, 5) is 9.46. The van der Waals surface area contributed by atoms with Gasteiger partial charge in [0.2, 0.25) is 0 Å². The molecule has 5 N–H and O–H groups in total. The highest BCUT2D eigenvalue weighted by Crippen LogP contribution is 2.45. The zero-order valence-electron chi connectivity index (χ0n) is 13.2. The average molecular weight is 418 g/mol. The Labute approximate surface area is 162 Å². The molecule has 0 aliphatic carbocycles. The number of rotatable bonds is 3. The first-order valence-electron chi connectivity index (χ1n) is 7.24. The first-order chi connectivity index (χ1) is 12.3. The number of aromatic nitrogens is 4. The maximum Gasteiger partial charge on any atom is 0.251 e. The van der Waals surface area contributed by atoms with E-state index in [0.29, 0.717) is 5.52 Å². The fourth-order valence-electron chi connectivity index (χ4n) is 2.75. The van der Waals surface area contributed by atoms with Gasteiger partial charge in [-0.25, -0.2) is 4.98 Å². The monoisotopic (exact) mass is 417 g/mol. The van der Waals surface area contributed by atoms with Crippen molar-refractivity contribution >= 4 is 52.5 Å². The number of imidazole rings is 1. The van der Waals surface area contributed by atoms with Gasteiger partial charge in [-0.1, -0.05) is 40.1 Å². The number of hydrogen-bond acceptors (Lipinski definition) is 8. The summed E-state index contributed by atoms with van der Waals surface area (Å²) in [7, 11) is 0. The minimum absolute atomic E-state index is 0.0426. The van der Waals surface area contributed by atoms with Gasteiger partial charge in [-0.3, -0.25) is 4.57 Å². The maximum atomic E-state index is 10.5. The predicted octanol–water partition coefficient (Wildman–Crippen LogP) is 1.26. The van der Waals surface area contributed by atoms with E-state index in [0.717, 1.165) is 0 Å². The zero-order chi connectivity index (χ0) is 19.1. The van der Waals surface area contributed by atoms with Crippen LogP contribution in [0.2, 0.25) is 0 Å². The molecule has 5 atom stereocenters. The molecule has 1 aliphatic heterocycles. The second-order valence-corrected chi connectivity index (χ2v) is 6.78. The SMILES string of the molecule is C[C@@H](O)[C@H]1O[C@@H](n2cnc3c(=S)[nH]c(N=NN)nc32)[C@@](Cl)(C#CCl)[C@H]1O. The van der Waals surface area contributed by atoms with Gasteiger partial charge in [-0.05, 0) is 18.5 Å². The van der Waals surface area contributed by atoms with E-state index in [4.69, 9.17) is 46.0 Å². The lowest BCUT2D eigenvalue weighted by atomic mass is 9.97. The molecule has 0 aromatic carbocycles. The van der Waals surface area contributed by atoms with Crippen LogP contribution in [0, 0.1) is 15.9 Å². The molecular formula is C13H13Cl2N7O3S. The third-order valence-corrected chi connectivity index (χ3v) is 4.82. The number of alkyl halides is 1. The van der Waals surface area contributed by atoms with Crippen LogP contribution in [-0.4, -0.2) is 52.9 Å². The van der Waals surface area contributed by atoms with Crippen molar-refractivity contribution in [1.82, 2.24) is 19.5 Å². The highest BCUT2D eigenvalue weighted by Gasteiger charge is 2.57. The van der Waals surface area contributed by atoms with E-state index < -0.39 is 29.4 Å². The third-order valence-electron chi connectivity index (χ3n) is 3.93. The minimum atomic E-state index is -1.66. The van der Waals surface area contributed by atoms with Gasteiger partial charge in [0.1, 0.15) is 22.4 Å². The van der Waals surface area contributed by atoms with Gasteiger partial charge in [0.15, 0.2) is 16.7 Å². The van der Waals surface area contributed by atoms with Crippen LogP contribution in [0.4, 0.5) is 5.95 Å². The standard InChI is InChI=1S/C13H13Cl2N7O3S/c1-5(23)7-8(24)13(15,2-3-14)11(25-7)22-4-17-6-9(22)18-12(20-21-16)19-10(6)26/h4-5,7-8,11,23-24H,1H3,(H3,16,18,19,20,26)/t5-,7-,8+,11-,13-/m1/s1. The topological polar surface area (TPSA) is 147 Å². The van der Waals surface area contributed by atoms with Gasteiger partial charge in [0.25, 0.3) is 5.95 Å². The van der Waals surface area contributed by atoms with Gasteiger partial charge >= 0.3 is 0 Å². The second-order valence-electron chi connectivity index (χ2n) is 5.56. The Morgan fingerprint density at radius 2 is 2.35 bits per heavy atom. The summed E-state index contributed by atoms with van der Waals surface area (Å²) >= 11 is 17.3. The van der Waals surface area contributed by atoms with Crippen molar-refractivity contribution in [2.24, 2.45) is 16.2 Å². The number of aromatic amines is 1. The van der Waals surface area contributed by atoms with Crippen LogP contribution in [0.25, 0.3) is 11.2 Å². The first-order valence-corrected chi connectivity index (χ1v) is 8.41. The molecule has 1 saturated heterocycles. The molecule has 2 aromatic heterocycles. The number of fused-ring (bicyclic) bond motifs is 1. The van der Waals surface area contributed by atoms with Crippen molar-refractivity contribution in [1.29, 1.82) is 0 Å². The fraction of sp³-hybridized carbons (Fsp3) is 0.462. The highest BCUT2D eigenvalue weighted by molar-refractivity contribution is 7.71. The van der Waals surface area contributed by atoms with E-state index in [2.05, 4.69) is 36.6 Å². The second kappa shape index (κ2) is 7.07. The predicted molar refractivity (Wildman–Crippen MR) is 95.2 cm³/mol. The molecule has 0 radical (unpaired) electrons. The number of halogens is 2. The molecule has 0 spiro atoms. The van der Waals surface area contributed by atoms with Crippen molar-refractivity contribution in [2.45, 2.75) is 36.3 Å². The van der Waals surface area contributed by atoms with Crippen molar-refractivity contribution in [3.63, 3.8) is 0 Å². The highest BCUT2D eigenvalue weighted by atomic mass is 35.5. The molecule has 3 rings (SSSR count). The molecule has 0 bridgehead atoms. The normalized spacial score (nSPS) is 29.8. The van der Waals surface area contributed by atoms with Crippen molar-refractivity contribution in [3.05, 3.63) is 11.0 Å². The largest absolute Gasteiger partial charge is 0.391 e. The lowest BCUT2D eigenvalue weighted by molar-refractivity contribution is -0.0752. The molecule has 26 heavy (non-hydrogen) atoms. The Balaban J connectivity index is 2.20. The van der Waals surface area contributed by atoms with Crippen LogP contribution >= 0.6 is 35.4 Å². The van der Waals surface area contributed by atoms with Crippen molar-refractivity contribution in [3.8, 4) is 11.3 Å². The van der Waals surface area contributed by atoms with Crippen molar-refractivity contribution < 1.29 is 14.9 Å². The molecule has 1 fully saturated rings. The van der Waals surface area contributed by atoms with Gasteiger partial charge in [-0.15, -0.1) is 0 Å². The van der Waals surface area contributed by atoms with Gasteiger partial charge < -0.3 is 25.8 Å². The number of nitrogens with one attached hydrogen (secondary N) is 1. The number of hydrogen-bond donors (Lipinski definition) is 4. The molecular weight excluding hydrogens is 405 g/mol. The number of ether oxygens (including phenoxy) is 1. The van der Waals surface area contributed by atoms with E-state index in [1.165, 1.54) is 17.8 Å². The maximum absolute atomic E-state index is 10.5. The average Bonchev–Trinajstić information content (AvgIpc) is 3.09. The quantitative estimate of drug-likeness (QED) is 0.147. The Kier molecular flexibility index (Phi) is 5.16. The van der Waals surface area contributed by atoms with E-state index in [9.17, 15) is 10.2 Å². The molecule has 0 saturated carbocycles. The van der Waals surface area contributed by atoms with E-state index in [1.807, 2.05) is 0 Å². The molecule has 3 heterocycles. The van der Waals surface area contributed by atoms with Gasteiger partial charge in [0.05, 0.1) is 12.4 Å². The van der Waals surface area contributed by atoms with E-state index in [-0.39, 0.29) is 16.2 Å². The van der Waals surface area contributed by atoms with Crippen LogP contribution < -0.4 is 5.84 Å². The molecule has 0 amide bonds. The lowest BCUT2D eigenvalue weighted by Crippen LogP contribution is -2.43. The summed E-state index contributed by atoms with van der Waals surface area (Å²) < 4.78 is 7.43. The summed E-state index contributed by atoms with van der Waals surface area (Å²) in [6, 6.07) is 0. The molecule has 138 valence electrons. The number of aliphatic hydroxyl groups is 2. The number of H-pyrrole nitrogens is 1. The van der Waals surface area contributed by atoms with E-state index >= 15 is 0 Å². The summed E-state index contributed by atoms with van der Waals surface area (Å²) in [6.07, 6.45) is -3.05. The van der Waals surface area contributed by atoms with Gasteiger partial charge in [0, 0.05) is 5.38 Å². The fourth-order valence-corrected chi connectivity index (χ4v) is 3.52. The summed E-state index contributed by atoms with van der Waals surface area (Å²) in [5.74, 6) is 7.62. The molecule has 2 aromatic rings. The number of nitrogens with zero attached hydrogens (tertiary/aromatic N) is 5. The van der Waals surface area contributed by atoms with Gasteiger partial charge in [-0.2, -0.15) is 4.98 Å². The molecule has 10 nitrogen and oxygen atoms in total. The Morgan fingerprint density at radius 3 is 2.96 bits per heavy atom. The molecule has 1 aliphatic rings. The molecule has 0 unspecified atom stereocenters. The summed E-state index contributed by atoms with van der Waals surface area (Å²) in [5.41, 5.74) is 0.591. The zero-order valence-corrected chi connectivity index (χ0v) is 15.5.